The molecule has 5 rings (SSSR count). The van der Waals surface area contributed by atoms with Gasteiger partial charge >= 0.3 is 0 Å². The Labute approximate surface area is 152 Å². The summed E-state index contributed by atoms with van der Waals surface area (Å²) in [5.74, 6) is 0.367. The molecule has 0 radical (unpaired) electrons. The average Bonchev–Trinajstić information content (AvgIpc) is 3.30. The van der Waals surface area contributed by atoms with Gasteiger partial charge in [0, 0.05) is 11.3 Å². The van der Waals surface area contributed by atoms with Crippen molar-refractivity contribution in [2.45, 2.75) is 11.4 Å². The molecule has 7 heteroatoms. The molecule has 1 saturated heterocycles. The van der Waals surface area contributed by atoms with Crippen molar-refractivity contribution in [2.24, 2.45) is 0 Å². The number of carbonyl (C=O) groups excluding carboxylic acids is 2. The monoisotopic (exact) mass is 367 g/mol. The minimum atomic E-state index is -0.470. The third kappa shape index (κ3) is 2.26. The molecule has 2 aliphatic heterocycles. The van der Waals surface area contributed by atoms with Gasteiger partial charge in [0.25, 0.3) is 5.91 Å². The van der Waals surface area contributed by atoms with Gasteiger partial charge in [0.1, 0.15) is 11.4 Å². The van der Waals surface area contributed by atoms with E-state index in [4.69, 9.17) is 0 Å². The maximum atomic E-state index is 12.8. The van der Waals surface area contributed by atoms with E-state index in [1.54, 1.807) is 16.7 Å². The lowest BCUT2D eigenvalue weighted by Crippen LogP contribution is -2.42. The summed E-state index contributed by atoms with van der Waals surface area (Å²) in [6.07, 6.45) is 0. The fraction of sp³-hybridized carbons (Fsp3) is 0.167. The van der Waals surface area contributed by atoms with Gasteiger partial charge in [-0.25, -0.2) is 4.98 Å². The molecular formula is C18H13N3O2S2. The molecule has 25 heavy (non-hydrogen) atoms. The van der Waals surface area contributed by atoms with E-state index in [1.165, 1.54) is 11.3 Å². The van der Waals surface area contributed by atoms with Crippen molar-refractivity contribution in [2.75, 3.05) is 11.1 Å². The van der Waals surface area contributed by atoms with Crippen LogP contribution < -0.4 is 5.32 Å². The predicted molar refractivity (Wildman–Crippen MR) is 99.8 cm³/mol. The topological polar surface area (TPSA) is 62.3 Å². The number of para-hydroxylation sites is 1. The molecule has 2 aromatic carbocycles. The quantitative estimate of drug-likeness (QED) is 0.753. The molecule has 0 spiro atoms. The van der Waals surface area contributed by atoms with Gasteiger partial charge in [-0.15, -0.1) is 11.8 Å². The Morgan fingerprint density at radius 2 is 1.96 bits per heavy atom. The maximum absolute atomic E-state index is 12.8. The Morgan fingerprint density at radius 3 is 2.84 bits per heavy atom. The molecule has 2 amide bonds. The summed E-state index contributed by atoms with van der Waals surface area (Å²) >= 11 is 3.08. The number of benzene rings is 2. The van der Waals surface area contributed by atoms with Gasteiger partial charge in [-0.05, 0) is 23.8 Å². The number of nitrogens with zero attached hydrogens (tertiary/aromatic N) is 2. The molecule has 3 heterocycles. The third-order valence-electron chi connectivity index (χ3n) is 4.52. The van der Waals surface area contributed by atoms with Crippen molar-refractivity contribution < 1.29 is 9.59 Å². The zero-order valence-electron chi connectivity index (χ0n) is 13.0. The molecule has 0 saturated carbocycles. The number of carbonyl (C=O) groups is 2. The van der Waals surface area contributed by atoms with Crippen LogP contribution in [0.15, 0.2) is 48.5 Å². The second-order valence-corrected chi connectivity index (χ2v) is 8.12. The largest absolute Gasteiger partial charge is 0.310 e. The van der Waals surface area contributed by atoms with Crippen LogP contribution in [0.4, 0.5) is 5.13 Å². The zero-order valence-corrected chi connectivity index (χ0v) is 14.6. The van der Waals surface area contributed by atoms with E-state index in [0.717, 1.165) is 15.8 Å². The Balaban J connectivity index is 1.41. The first-order valence-corrected chi connectivity index (χ1v) is 9.78. The molecule has 124 valence electrons. The van der Waals surface area contributed by atoms with Crippen LogP contribution in [0.3, 0.4) is 0 Å². The van der Waals surface area contributed by atoms with Gasteiger partial charge in [-0.1, -0.05) is 41.7 Å². The number of aromatic nitrogens is 1. The molecule has 1 N–H and O–H groups in total. The summed E-state index contributed by atoms with van der Waals surface area (Å²) in [5, 5.41) is 3.41. The van der Waals surface area contributed by atoms with Crippen LogP contribution in [-0.2, 0) is 4.79 Å². The first kappa shape index (κ1) is 14.9. The molecular weight excluding hydrogens is 354 g/mol. The second kappa shape index (κ2) is 5.57. The second-order valence-electron chi connectivity index (χ2n) is 5.98. The number of thioether (sulfide) groups is 1. The summed E-state index contributed by atoms with van der Waals surface area (Å²) in [4.78, 5) is 31.6. The van der Waals surface area contributed by atoms with Crippen LogP contribution in [0.5, 0.6) is 0 Å². The fourth-order valence-corrected chi connectivity index (χ4v) is 5.69. The molecule has 2 atom stereocenters. The number of rotatable bonds is 2. The number of anilines is 1. The summed E-state index contributed by atoms with van der Waals surface area (Å²) in [6.45, 7) is 0. The van der Waals surface area contributed by atoms with Gasteiger partial charge in [-0.2, -0.15) is 0 Å². The Morgan fingerprint density at radius 1 is 1.16 bits per heavy atom. The minimum absolute atomic E-state index is 0.0601. The Bertz CT molecular complexity index is 983. The van der Waals surface area contributed by atoms with Crippen LogP contribution in [0.1, 0.15) is 21.3 Å². The first-order valence-electron chi connectivity index (χ1n) is 7.92. The van der Waals surface area contributed by atoms with E-state index >= 15 is 0 Å². The molecule has 1 aromatic heterocycles. The standard InChI is InChI=1S/C18H13N3O2S2/c22-15(20-18-19-12-7-3-4-8-14(12)25-18)13-9-24-17-11-6-2-1-5-10(11)16(23)21(13)17/h1-8,13,17H,9H2,(H,19,20,22)/t13-,17?/m0/s1. The lowest BCUT2D eigenvalue weighted by molar-refractivity contribution is -0.119. The van der Waals surface area contributed by atoms with Crippen molar-refractivity contribution in [3.05, 3.63) is 59.7 Å². The highest BCUT2D eigenvalue weighted by Gasteiger charge is 2.48. The molecule has 0 aliphatic carbocycles. The molecule has 3 aromatic rings. The number of hydrogen-bond donors (Lipinski definition) is 1. The van der Waals surface area contributed by atoms with Gasteiger partial charge < -0.3 is 10.2 Å². The van der Waals surface area contributed by atoms with Crippen LogP contribution in [0, 0.1) is 0 Å². The highest BCUT2D eigenvalue weighted by Crippen LogP contribution is 2.48. The summed E-state index contributed by atoms with van der Waals surface area (Å²) in [6, 6.07) is 14.9. The van der Waals surface area contributed by atoms with Crippen molar-refractivity contribution in [3.63, 3.8) is 0 Å². The lowest BCUT2D eigenvalue weighted by atomic mass is 10.1. The predicted octanol–water partition coefficient (Wildman–Crippen LogP) is 3.50. The number of nitrogens with one attached hydrogen (secondary N) is 1. The van der Waals surface area contributed by atoms with Crippen molar-refractivity contribution in [3.8, 4) is 0 Å². The van der Waals surface area contributed by atoms with Crippen molar-refractivity contribution in [1.29, 1.82) is 0 Å². The van der Waals surface area contributed by atoms with Crippen LogP contribution in [0.25, 0.3) is 10.2 Å². The summed E-state index contributed by atoms with van der Waals surface area (Å²) in [7, 11) is 0. The van der Waals surface area contributed by atoms with Crippen LogP contribution in [0.2, 0.25) is 0 Å². The van der Waals surface area contributed by atoms with Gasteiger partial charge in [0.2, 0.25) is 5.91 Å². The maximum Gasteiger partial charge on any atom is 0.256 e. The van der Waals surface area contributed by atoms with E-state index in [2.05, 4.69) is 10.3 Å². The van der Waals surface area contributed by atoms with Gasteiger partial charge in [0.15, 0.2) is 5.13 Å². The van der Waals surface area contributed by atoms with Gasteiger partial charge in [-0.3, -0.25) is 9.59 Å². The number of hydrogen-bond acceptors (Lipinski definition) is 5. The highest BCUT2D eigenvalue weighted by atomic mass is 32.2. The van der Waals surface area contributed by atoms with E-state index in [-0.39, 0.29) is 17.2 Å². The minimum Gasteiger partial charge on any atom is -0.310 e. The number of amides is 2. The van der Waals surface area contributed by atoms with E-state index in [0.29, 0.717) is 16.4 Å². The van der Waals surface area contributed by atoms with E-state index in [9.17, 15) is 9.59 Å². The Hall–Kier alpha value is -2.38. The lowest BCUT2D eigenvalue weighted by Gasteiger charge is -2.22. The fourth-order valence-electron chi connectivity index (χ4n) is 3.36. The third-order valence-corrected chi connectivity index (χ3v) is 6.78. The SMILES string of the molecule is O=C(Nc1nc2ccccc2s1)[C@@H]1CSC2c3ccccc3C(=O)N21. The number of fused-ring (bicyclic) bond motifs is 4. The molecule has 5 nitrogen and oxygen atoms in total. The zero-order chi connectivity index (χ0) is 17.0. The van der Waals surface area contributed by atoms with Crippen LogP contribution >= 0.6 is 23.1 Å². The first-order chi connectivity index (χ1) is 12.2. The summed E-state index contributed by atoms with van der Waals surface area (Å²) < 4.78 is 1.03. The van der Waals surface area contributed by atoms with E-state index < -0.39 is 6.04 Å². The highest BCUT2D eigenvalue weighted by molar-refractivity contribution is 7.99. The molecule has 1 unspecified atom stereocenters. The normalized spacial score (nSPS) is 21.4. The van der Waals surface area contributed by atoms with Crippen molar-refractivity contribution >= 4 is 50.3 Å². The average molecular weight is 367 g/mol. The van der Waals surface area contributed by atoms with E-state index in [1.807, 2.05) is 48.5 Å². The van der Waals surface area contributed by atoms with Gasteiger partial charge in [0.05, 0.1) is 10.2 Å². The Kier molecular flexibility index (Phi) is 3.33. The number of thiazole rings is 1. The molecule has 0 bridgehead atoms. The molecule has 1 fully saturated rings. The molecule has 2 aliphatic rings. The smallest absolute Gasteiger partial charge is 0.256 e. The van der Waals surface area contributed by atoms with Crippen LogP contribution in [-0.4, -0.2) is 33.5 Å². The summed E-state index contributed by atoms with van der Waals surface area (Å²) in [5.41, 5.74) is 2.58. The van der Waals surface area contributed by atoms with Crippen molar-refractivity contribution in [1.82, 2.24) is 9.88 Å².